The summed E-state index contributed by atoms with van der Waals surface area (Å²) in [7, 11) is 0. The van der Waals surface area contributed by atoms with Crippen LogP contribution in [0.2, 0.25) is 0 Å². The predicted molar refractivity (Wildman–Crippen MR) is 60.1 cm³/mol. The number of benzene rings is 1. The summed E-state index contributed by atoms with van der Waals surface area (Å²) in [6, 6.07) is 5.25. The lowest BCUT2D eigenvalue weighted by atomic mass is 9.99. The minimum atomic E-state index is -5.01. The van der Waals surface area contributed by atoms with Gasteiger partial charge >= 0.3 is 6.18 Å². The van der Waals surface area contributed by atoms with Crippen molar-refractivity contribution in [1.29, 1.82) is 0 Å². The summed E-state index contributed by atoms with van der Waals surface area (Å²) in [6.45, 7) is 1.81. The van der Waals surface area contributed by atoms with Crippen LogP contribution in [0.15, 0.2) is 29.4 Å². The van der Waals surface area contributed by atoms with Gasteiger partial charge in [-0.3, -0.25) is 4.79 Å². The van der Waals surface area contributed by atoms with Crippen LogP contribution in [0.3, 0.4) is 0 Å². The third-order valence-corrected chi connectivity index (χ3v) is 2.66. The summed E-state index contributed by atoms with van der Waals surface area (Å²) in [4.78, 5) is 21.2. The molecule has 1 rings (SSSR count). The summed E-state index contributed by atoms with van der Waals surface area (Å²) in [5.41, 5.74) is 1.71. The summed E-state index contributed by atoms with van der Waals surface area (Å²) in [5, 5.41) is 2.28. The van der Waals surface area contributed by atoms with Gasteiger partial charge in [0.05, 0.1) is 0 Å². The standard InChI is InChI=1S/C12H12F3NO2/c1-8-4-2-3-5-9(8)6-7-10(16-18)11(17)12(13,14)15/h2-5,10H,6-7H2,1H3. The van der Waals surface area contributed by atoms with E-state index >= 15 is 0 Å². The number of carbonyl (C=O) groups is 1. The van der Waals surface area contributed by atoms with Gasteiger partial charge in [-0.15, -0.1) is 0 Å². The molecule has 0 spiro atoms. The van der Waals surface area contributed by atoms with Crippen molar-refractivity contribution in [3.05, 3.63) is 40.3 Å². The zero-order valence-corrected chi connectivity index (χ0v) is 9.70. The van der Waals surface area contributed by atoms with Gasteiger partial charge in [-0.2, -0.15) is 18.1 Å². The monoisotopic (exact) mass is 259 g/mol. The lowest BCUT2D eigenvalue weighted by Gasteiger charge is -2.11. The van der Waals surface area contributed by atoms with Gasteiger partial charge in [-0.1, -0.05) is 29.4 Å². The molecule has 3 nitrogen and oxygen atoms in total. The van der Waals surface area contributed by atoms with Crippen molar-refractivity contribution in [2.45, 2.75) is 32.0 Å². The number of rotatable bonds is 5. The Balaban J connectivity index is 2.69. The highest BCUT2D eigenvalue weighted by Gasteiger charge is 2.43. The Labute approximate surface area is 102 Å². The number of alkyl halides is 3. The Hall–Kier alpha value is -1.72. The van der Waals surface area contributed by atoms with Gasteiger partial charge in [0.15, 0.2) is 6.04 Å². The number of Topliss-reactive ketones (excluding diaryl/α,β-unsaturated/α-hetero) is 1. The summed E-state index contributed by atoms with van der Waals surface area (Å²) < 4.78 is 36.4. The quantitative estimate of drug-likeness (QED) is 0.762. The molecule has 0 aromatic heterocycles. The molecule has 1 aromatic carbocycles. The number of halogens is 3. The van der Waals surface area contributed by atoms with Crippen LogP contribution < -0.4 is 0 Å². The number of hydrogen-bond acceptors (Lipinski definition) is 3. The Bertz CT molecular complexity index is 443. The molecule has 0 N–H and O–H groups in total. The highest BCUT2D eigenvalue weighted by molar-refractivity contribution is 5.89. The van der Waals surface area contributed by atoms with Gasteiger partial charge in [0.25, 0.3) is 5.78 Å². The summed E-state index contributed by atoms with van der Waals surface area (Å²) >= 11 is 0. The summed E-state index contributed by atoms with van der Waals surface area (Å²) in [6.07, 6.45) is -5.03. The molecule has 0 radical (unpaired) electrons. The van der Waals surface area contributed by atoms with E-state index in [1.807, 2.05) is 13.0 Å². The maximum atomic E-state index is 12.1. The zero-order valence-electron chi connectivity index (χ0n) is 9.70. The number of hydrogen-bond donors (Lipinski definition) is 0. The smallest absolute Gasteiger partial charge is 0.287 e. The molecular formula is C12H12F3NO2. The fourth-order valence-electron chi connectivity index (χ4n) is 1.60. The van der Waals surface area contributed by atoms with E-state index in [1.54, 1.807) is 18.2 Å². The lowest BCUT2D eigenvalue weighted by molar-refractivity contribution is -0.172. The van der Waals surface area contributed by atoms with E-state index in [0.717, 1.165) is 11.1 Å². The minimum absolute atomic E-state index is 0.213. The first kappa shape index (κ1) is 14.3. The van der Waals surface area contributed by atoms with Crippen molar-refractivity contribution in [2.75, 3.05) is 0 Å². The number of nitrogens with zero attached hydrogens (tertiary/aromatic N) is 1. The van der Waals surface area contributed by atoms with Crippen molar-refractivity contribution >= 4 is 5.78 Å². The zero-order chi connectivity index (χ0) is 13.8. The fourth-order valence-corrected chi connectivity index (χ4v) is 1.60. The Morgan fingerprint density at radius 2 is 1.94 bits per heavy atom. The van der Waals surface area contributed by atoms with Crippen molar-refractivity contribution in [3.8, 4) is 0 Å². The number of nitroso groups, excluding NO2 is 1. The van der Waals surface area contributed by atoms with Crippen molar-refractivity contribution in [1.82, 2.24) is 0 Å². The van der Waals surface area contributed by atoms with Crippen LogP contribution in [0.25, 0.3) is 0 Å². The maximum absolute atomic E-state index is 12.1. The highest BCUT2D eigenvalue weighted by atomic mass is 19.4. The lowest BCUT2D eigenvalue weighted by Crippen LogP contribution is -2.33. The van der Waals surface area contributed by atoms with Crippen molar-refractivity contribution in [2.24, 2.45) is 5.18 Å². The van der Waals surface area contributed by atoms with Crippen molar-refractivity contribution in [3.63, 3.8) is 0 Å². The third kappa shape index (κ3) is 3.65. The van der Waals surface area contributed by atoms with E-state index in [9.17, 15) is 22.9 Å². The van der Waals surface area contributed by atoms with Crippen molar-refractivity contribution < 1.29 is 18.0 Å². The SMILES string of the molecule is Cc1ccccc1CCC(N=O)C(=O)C(F)(F)F. The molecule has 0 aliphatic carbocycles. The van der Waals surface area contributed by atoms with Crippen LogP contribution in [0.4, 0.5) is 13.2 Å². The highest BCUT2D eigenvalue weighted by Crippen LogP contribution is 2.22. The van der Waals surface area contributed by atoms with E-state index in [0.29, 0.717) is 0 Å². The van der Waals surface area contributed by atoms with Crippen LogP contribution in [-0.2, 0) is 11.2 Å². The van der Waals surface area contributed by atoms with Gasteiger partial charge < -0.3 is 0 Å². The first-order valence-electron chi connectivity index (χ1n) is 5.34. The largest absolute Gasteiger partial charge is 0.452 e. The number of carbonyl (C=O) groups excluding carboxylic acids is 1. The number of aryl methyl sites for hydroxylation is 2. The Kier molecular flexibility index (Phi) is 4.58. The van der Waals surface area contributed by atoms with Crippen LogP contribution in [-0.4, -0.2) is 18.0 Å². The van der Waals surface area contributed by atoms with Gasteiger partial charge in [-0.25, -0.2) is 0 Å². The first-order chi connectivity index (χ1) is 8.36. The second-order valence-electron chi connectivity index (χ2n) is 3.95. The molecule has 0 aliphatic heterocycles. The molecule has 98 valence electrons. The average Bonchev–Trinajstić information content (AvgIpc) is 2.30. The summed E-state index contributed by atoms with van der Waals surface area (Å²) in [5.74, 6) is -2.08. The molecule has 0 aliphatic rings. The molecule has 0 amide bonds. The normalized spacial score (nSPS) is 13.1. The molecule has 0 heterocycles. The average molecular weight is 259 g/mol. The molecule has 0 bridgehead atoms. The maximum Gasteiger partial charge on any atom is 0.452 e. The fraction of sp³-hybridized carbons (Fsp3) is 0.417. The molecule has 18 heavy (non-hydrogen) atoms. The molecule has 0 saturated carbocycles. The van der Waals surface area contributed by atoms with Gasteiger partial charge in [0.1, 0.15) is 0 Å². The molecule has 0 fully saturated rings. The molecule has 6 heteroatoms. The molecule has 1 unspecified atom stereocenters. The Morgan fingerprint density at radius 3 is 2.44 bits per heavy atom. The topological polar surface area (TPSA) is 46.5 Å². The van der Waals surface area contributed by atoms with E-state index in [-0.39, 0.29) is 12.8 Å². The van der Waals surface area contributed by atoms with Gasteiger partial charge in [0, 0.05) is 0 Å². The van der Waals surface area contributed by atoms with Crippen LogP contribution in [0.1, 0.15) is 17.5 Å². The minimum Gasteiger partial charge on any atom is -0.287 e. The van der Waals surface area contributed by atoms with Crippen LogP contribution in [0.5, 0.6) is 0 Å². The number of ketones is 1. The van der Waals surface area contributed by atoms with Crippen LogP contribution >= 0.6 is 0 Å². The Morgan fingerprint density at radius 1 is 1.33 bits per heavy atom. The van der Waals surface area contributed by atoms with E-state index in [4.69, 9.17) is 0 Å². The molecule has 0 saturated heterocycles. The van der Waals surface area contributed by atoms with Crippen LogP contribution in [0, 0.1) is 11.8 Å². The molecular weight excluding hydrogens is 247 g/mol. The van der Waals surface area contributed by atoms with Gasteiger partial charge in [-0.05, 0) is 30.9 Å². The van der Waals surface area contributed by atoms with E-state index < -0.39 is 18.0 Å². The van der Waals surface area contributed by atoms with Gasteiger partial charge in [0.2, 0.25) is 0 Å². The molecule has 1 atom stereocenters. The second kappa shape index (κ2) is 5.75. The first-order valence-corrected chi connectivity index (χ1v) is 5.34. The molecule has 1 aromatic rings. The second-order valence-corrected chi connectivity index (χ2v) is 3.95. The third-order valence-electron chi connectivity index (χ3n) is 2.66. The van der Waals surface area contributed by atoms with E-state index in [1.165, 1.54) is 0 Å². The predicted octanol–water partition coefficient (Wildman–Crippen LogP) is 3.19. The van der Waals surface area contributed by atoms with E-state index in [2.05, 4.69) is 5.18 Å².